The summed E-state index contributed by atoms with van der Waals surface area (Å²) in [4.78, 5) is 24.4. The molecule has 3 heteroatoms. The standard InChI is InChI=1S/C20H28O3/c1-7-13(4)19(22)23-18-9-8-15-10-17(21)16(12(2)3)11-20(15,6)14(18)5/h7,10,14,16,18H,2,8-9,11H2,1,3-6H3/b13-7-/t14-,16+,18-,20-/m1/s1. The van der Waals surface area contributed by atoms with E-state index in [2.05, 4.69) is 20.4 Å². The van der Waals surface area contributed by atoms with Gasteiger partial charge in [0.2, 0.25) is 0 Å². The van der Waals surface area contributed by atoms with Gasteiger partial charge >= 0.3 is 5.97 Å². The van der Waals surface area contributed by atoms with E-state index in [1.54, 1.807) is 13.0 Å². The molecule has 1 fully saturated rings. The Bertz CT molecular complexity index is 596. The van der Waals surface area contributed by atoms with Gasteiger partial charge in [-0.15, -0.1) is 0 Å². The molecule has 0 aliphatic heterocycles. The number of hydrogen-bond acceptors (Lipinski definition) is 3. The molecule has 4 atom stereocenters. The van der Waals surface area contributed by atoms with E-state index in [0.717, 1.165) is 24.8 Å². The van der Waals surface area contributed by atoms with Gasteiger partial charge in [0.25, 0.3) is 0 Å². The molecule has 23 heavy (non-hydrogen) atoms. The van der Waals surface area contributed by atoms with Crippen molar-refractivity contribution in [1.29, 1.82) is 0 Å². The van der Waals surface area contributed by atoms with E-state index in [1.807, 2.05) is 19.9 Å². The third-order valence-corrected chi connectivity index (χ3v) is 5.89. The van der Waals surface area contributed by atoms with Crippen LogP contribution in [-0.4, -0.2) is 17.9 Å². The molecule has 0 spiro atoms. The van der Waals surface area contributed by atoms with Gasteiger partial charge in [-0.25, -0.2) is 4.79 Å². The lowest BCUT2D eigenvalue weighted by molar-refractivity contribution is -0.151. The Hall–Kier alpha value is -1.64. The SMILES string of the molecule is C=C(C)[C@@H]1C[C@@]2(C)C(=CC1=O)CC[C@@H](OC(=O)/C(C)=C\C)[C@H]2C. The van der Waals surface area contributed by atoms with Crippen LogP contribution < -0.4 is 0 Å². The third-order valence-electron chi connectivity index (χ3n) is 5.89. The Morgan fingerprint density at radius 3 is 2.65 bits per heavy atom. The molecule has 2 aliphatic rings. The lowest BCUT2D eigenvalue weighted by Gasteiger charge is -2.49. The number of ether oxygens (including phenoxy) is 1. The van der Waals surface area contributed by atoms with Crippen LogP contribution in [0.1, 0.15) is 53.9 Å². The highest BCUT2D eigenvalue weighted by molar-refractivity contribution is 5.95. The number of allylic oxidation sites excluding steroid dienone is 4. The van der Waals surface area contributed by atoms with Gasteiger partial charge in [0.15, 0.2) is 5.78 Å². The van der Waals surface area contributed by atoms with Gasteiger partial charge in [-0.05, 0) is 51.5 Å². The minimum absolute atomic E-state index is 0.0986. The average Bonchev–Trinajstić information content (AvgIpc) is 2.50. The van der Waals surface area contributed by atoms with Crippen LogP contribution in [0.15, 0.2) is 35.5 Å². The van der Waals surface area contributed by atoms with E-state index in [0.29, 0.717) is 5.57 Å². The van der Waals surface area contributed by atoms with E-state index in [4.69, 9.17) is 4.74 Å². The molecular formula is C20H28O3. The molecule has 2 rings (SSSR count). The Morgan fingerprint density at radius 2 is 2.09 bits per heavy atom. The molecule has 0 radical (unpaired) electrons. The van der Waals surface area contributed by atoms with Gasteiger partial charge < -0.3 is 4.74 Å². The van der Waals surface area contributed by atoms with Gasteiger partial charge in [-0.2, -0.15) is 0 Å². The summed E-state index contributed by atoms with van der Waals surface area (Å²) in [6.07, 6.45) is 5.88. The molecule has 0 saturated heterocycles. The number of ketones is 1. The number of carbonyl (C=O) groups is 2. The first-order chi connectivity index (χ1) is 10.7. The monoisotopic (exact) mass is 316 g/mol. The second-order valence-corrected chi connectivity index (χ2v) is 7.34. The lowest BCUT2D eigenvalue weighted by Crippen LogP contribution is -2.46. The van der Waals surface area contributed by atoms with E-state index in [9.17, 15) is 9.59 Å². The highest BCUT2D eigenvalue weighted by Crippen LogP contribution is 2.53. The maximum atomic E-state index is 12.3. The van der Waals surface area contributed by atoms with Crippen LogP contribution in [0.25, 0.3) is 0 Å². The van der Waals surface area contributed by atoms with E-state index in [-0.39, 0.29) is 35.1 Å². The summed E-state index contributed by atoms with van der Waals surface area (Å²) < 4.78 is 5.75. The van der Waals surface area contributed by atoms with Gasteiger partial charge in [0.05, 0.1) is 0 Å². The maximum absolute atomic E-state index is 12.3. The molecule has 0 heterocycles. The maximum Gasteiger partial charge on any atom is 0.333 e. The van der Waals surface area contributed by atoms with Crippen molar-refractivity contribution in [2.45, 2.75) is 60.0 Å². The van der Waals surface area contributed by atoms with E-state index in [1.165, 1.54) is 5.57 Å². The number of fused-ring (bicyclic) bond motifs is 1. The van der Waals surface area contributed by atoms with Crippen LogP contribution in [0.3, 0.4) is 0 Å². The Morgan fingerprint density at radius 1 is 1.43 bits per heavy atom. The topological polar surface area (TPSA) is 43.4 Å². The zero-order valence-corrected chi connectivity index (χ0v) is 14.9. The zero-order valence-electron chi connectivity index (χ0n) is 14.9. The van der Waals surface area contributed by atoms with Crippen molar-refractivity contribution in [1.82, 2.24) is 0 Å². The Balaban J connectivity index is 2.25. The first kappa shape index (κ1) is 17.7. The minimum Gasteiger partial charge on any atom is -0.459 e. The first-order valence-electron chi connectivity index (χ1n) is 8.45. The Labute approximate surface area is 139 Å². The molecule has 3 nitrogen and oxygen atoms in total. The summed E-state index contributed by atoms with van der Waals surface area (Å²) in [7, 11) is 0. The third kappa shape index (κ3) is 3.19. The summed E-state index contributed by atoms with van der Waals surface area (Å²) in [5.41, 5.74) is 2.66. The molecule has 1 saturated carbocycles. The van der Waals surface area contributed by atoms with E-state index >= 15 is 0 Å². The lowest BCUT2D eigenvalue weighted by atomic mass is 9.57. The molecule has 0 aromatic rings. The van der Waals surface area contributed by atoms with E-state index < -0.39 is 0 Å². The molecular weight excluding hydrogens is 288 g/mol. The van der Waals surface area contributed by atoms with Crippen LogP contribution in [-0.2, 0) is 14.3 Å². The number of carbonyl (C=O) groups excluding carboxylic acids is 2. The largest absolute Gasteiger partial charge is 0.459 e. The summed E-state index contributed by atoms with van der Waals surface area (Å²) in [5.74, 6) is 0.0186. The molecule has 0 aromatic carbocycles. The molecule has 0 bridgehead atoms. The van der Waals surface area contributed by atoms with Crippen molar-refractivity contribution in [2.24, 2.45) is 17.3 Å². The predicted molar refractivity (Wildman–Crippen MR) is 91.8 cm³/mol. The summed E-state index contributed by atoms with van der Waals surface area (Å²) in [6, 6.07) is 0. The molecule has 0 unspecified atom stereocenters. The van der Waals surface area contributed by atoms with Crippen molar-refractivity contribution in [2.75, 3.05) is 0 Å². The van der Waals surface area contributed by atoms with Crippen molar-refractivity contribution >= 4 is 11.8 Å². The summed E-state index contributed by atoms with van der Waals surface area (Å²) in [6.45, 7) is 13.9. The van der Waals surface area contributed by atoms with Crippen molar-refractivity contribution in [3.8, 4) is 0 Å². The fourth-order valence-electron chi connectivity index (χ4n) is 3.81. The molecule has 0 N–H and O–H groups in total. The van der Waals surface area contributed by atoms with Crippen LogP contribution in [0.4, 0.5) is 0 Å². The number of rotatable bonds is 3. The fraction of sp³-hybridized carbons (Fsp3) is 0.600. The first-order valence-corrected chi connectivity index (χ1v) is 8.45. The van der Waals surface area contributed by atoms with Gasteiger partial charge in [-0.1, -0.05) is 37.6 Å². The minimum atomic E-state index is -0.233. The molecule has 126 valence electrons. The second kappa shape index (κ2) is 6.46. The predicted octanol–water partition coefficient (Wildman–Crippen LogP) is 4.39. The van der Waals surface area contributed by atoms with Gasteiger partial charge in [-0.3, -0.25) is 4.79 Å². The summed E-state index contributed by atoms with van der Waals surface area (Å²) >= 11 is 0. The highest BCUT2D eigenvalue weighted by Gasteiger charge is 2.48. The van der Waals surface area contributed by atoms with Crippen LogP contribution in [0.2, 0.25) is 0 Å². The fourth-order valence-corrected chi connectivity index (χ4v) is 3.81. The normalized spacial score (nSPS) is 34.5. The van der Waals surface area contributed by atoms with Crippen LogP contribution in [0, 0.1) is 17.3 Å². The second-order valence-electron chi connectivity index (χ2n) is 7.34. The van der Waals surface area contributed by atoms with Crippen molar-refractivity contribution in [3.05, 3.63) is 35.5 Å². The van der Waals surface area contributed by atoms with Crippen LogP contribution in [0.5, 0.6) is 0 Å². The van der Waals surface area contributed by atoms with Crippen LogP contribution >= 0.6 is 0 Å². The van der Waals surface area contributed by atoms with Gasteiger partial charge in [0, 0.05) is 17.4 Å². The smallest absolute Gasteiger partial charge is 0.333 e. The van der Waals surface area contributed by atoms with Gasteiger partial charge in [0.1, 0.15) is 6.10 Å². The molecule has 2 aliphatic carbocycles. The molecule has 0 amide bonds. The molecule has 0 aromatic heterocycles. The average molecular weight is 316 g/mol. The summed E-state index contributed by atoms with van der Waals surface area (Å²) in [5, 5.41) is 0. The van der Waals surface area contributed by atoms with Crippen molar-refractivity contribution in [3.63, 3.8) is 0 Å². The van der Waals surface area contributed by atoms with Crippen molar-refractivity contribution < 1.29 is 14.3 Å². The quantitative estimate of drug-likeness (QED) is 0.440. The number of esters is 1. The zero-order chi connectivity index (χ0) is 17.4. The Kier molecular flexibility index (Phi) is 4.98. The number of hydrogen-bond donors (Lipinski definition) is 0. The highest BCUT2D eigenvalue weighted by atomic mass is 16.5.